The smallest absolute Gasteiger partial charge is 0.220 e. The van der Waals surface area contributed by atoms with Gasteiger partial charge in [0, 0.05) is 11.4 Å². The van der Waals surface area contributed by atoms with Gasteiger partial charge in [-0.3, -0.25) is 4.79 Å². The van der Waals surface area contributed by atoms with Gasteiger partial charge in [-0.15, -0.1) is 12.4 Å². The van der Waals surface area contributed by atoms with E-state index in [1.165, 1.54) is 6.42 Å². The Labute approximate surface area is 160 Å². The molecule has 3 nitrogen and oxygen atoms in total. The molecule has 1 fully saturated rings. The van der Waals surface area contributed by atoms with Crippen LogP contribution < -0.4 is 10.6 Å². The molecule has 0 bridgehead atoms. The van der Waals surface area contributed by atoms with Crippen LogP contribution in [0.25, 0.3) is 0 Å². The molecular weight excluding hydrogens is 355 g/mol. The Bertz CT molecular complexity index is 672. The molecule has 134 valence electrons. The third kappa shape index (κ3) is 5.74. The molecule has 2 N–H and O–H groups in total. The molecule has 2 aromatic rings. The zero-order valence-corrected chi connectivity index (χ0v) is 15.7. The van der Waals surface area contributed by atoms with Crippen LogP contribution in [0.4, 0.5) is 0 Å². The number of hydrogen-bond acceptors (Lipinski definition) is 2. The van der Waals surface area contributed by atoms with Gasteiger partial charge in [0.2, 0.25) is 5.91 Å². The highest BCUT2D eigenvalue weighted by Gasteiger charge is 2.19. The molecule has 0 spiro atoms. The maximum atomic E-state index is 12.5. The summed E-state index contributed by atoms with van der Waals surface area (Å²) in [7, 11) is 0. The number of nitrogens with one attached hydrogen (secondary N) is 2. The van der Waals surface area contributed by atoms with Gasteiger partial charge in [-0.05, 0) is 55.1 Å². The van der Waals surface area contributed by atoms with Crippen molar-refractivity contribution in [3.63, 3.8) is 0 Å². The molecule has 25 heavy (non-hydrogen) atoms. The summed E-state index contributed by atoms with van der Waals surface area (Å²) in [5.41, 5.74) is 2.07. The Morgan fingerprint density at radius 1 is 1.16 bits per heavy atom. The minimum atomic E-state index is -0.167. The van der Waals surface area contributed by atoms with Crippen molar-refractivity contribution in [1.82, 2.24) is 10.6 Å². The van der Waals surface area contributed by atoms with Crippen LogP contribution in [0.5, 0.6) is 0 Å². The van der Waals surface area contributed by atoms with Crippen molar-refractivity contribution in [1.29, 1.82) is 0 Å². The Morgan fingerprint density at radius 2 is 1.92 bits per heavy atom. The highest BCUT2D eigenvalue weighted by Crippen LogP contribution is 2.25. The van der Waals surface area contributed by atoms with Gasteiger partial charge in [0.25, 0.3) is 0 Å². The third-order valence-electron chi connectivity index (χ3n) is 4.56. The van der Waals surface area contributed by atoms with E-state index in [1.54, 1.807) is 0 Å². The Hall–Kier alpha value is -1.55. The van der Waals surface area contributed by atoms with Gasteiger partial charge in [0.1, 0.15) is 0 Å². The molecule has 0 radical (unpaired) electrons. The fourth-order valence-electron chi connectivity index (χ4n) is 3.22. The second-order valence-corrected chi connectivity index (χ2v) is 6.80. The lowest BCUT2D eigenvalue weighted by molar-refractivity contribution is -0.121. The average molecular weight is 379 g/mol. The van der Waals surface area contributed by atoms with Gasteiger partial charge < -0.3 is 10.6 Å². The van der Waals surface area contributed by atoms with Crippen LogP contribution in [0.15, 0.2) is 54.6 Å². The van der Waals surface area contributed by atoms with E-state index < -0.39 is 0 Å². The second kappa shape index (κ2) is 9.81. The molecule has 1 saturated heterocycles. The van der Waals surface area contributed by atoms with Gasteiger partial charge in [-0.1, -0.05) is 54.1 Å². The predicted molar refractivity (Wildman–Crippen MR) is 105 cm³/mol. The molecule has 2 unspecified atom stereocenters. The molecule has 0 aliphatic carbocycles. The summed E-state index contributed by atoms with van der Waals surface area (Å²) in [6.45, 7) is 2.10. The number of carbonyl (C=O) groups is 1. The largest absolute Gasteiger partial charge is 0.345 e. The summed E-state index contributed by atoms with van der Waals surface area (Å²) in [6.07, 6.45) is 2.68. The summed E-state index contributed by atoms with van der Waals surface area (Å²) in [6, 6.07) is 17.6. The summed E-state index contributed by atoms with van der Waals surface area (Å²) < 4.78 is 0. The standard InChI is InChI=1S/C20H23ClN2O.ClH/c21-18-8-4-7-17(13-18)20(16-5-2-1-3-6-16)23-19(24)10-9-15-11-12-22-14-15;/h1-8,13,15,20,22H,9-12,14H2,(H,23,24);1H. The Kier molecular flexibility index (Phi) is 7.76. The van der Waals surface area contributed by atoms with Crippen LogP contribution in [0, 0.1) is 5.92 Å². The van der Waals surface area contributed by atoms with Crippen LogP contribution in [0.3, 0.4) is 0 Å². The van der Waals surface area contributed by atoms with Gasteiger partial charge >= 0.3 is 0 Å². The third-order valence-corrected chi connectivity index (χ3v) is 4.80. The first-order valence-corrected chi connectivity index (χ1v) is 8.90. The van der Waals surface area contributed by atoms with Gasteiger partial charge in [-0.2, -0.15) is 0 Å². The van der Waals surface area contributed by atoms with Crippen molar-refractivity contribution in [2.45, 2.75) is 25.3 Å². The lowest BCUT2D eigenvalue weighted by Crippen LogP contribution is -2.29. The van der Waals surface area contributed by atoms with Crippen LogP contribution in [-0.4, -0.2) is 19.0 Å². The van der Waals surface area contributed by atoms with Crippen LogP contribution in [0.1, 0.15) is 36.4 Å². The van der Waals surface area contributed by atoms with Crippen LogP contribution in [-0.2, 0) is 4.79 Å². The fourth-order valence-corrected chi connectivity index (χ4v) is 3.42. The molecule has 2 aromatic carbocycles. The monoisotopic (exact) mass is 378 g/mol. The Morgan fingerprint density at radius 3 is 2.60 bits per heavy atom. The van der Waals surface area contributed by atoms with Gasteiger partial charge in [-0.25, -0.2) is 0 Å². The highest BCUT2D eigenvalue weighted by atomic mass is 35.5. The van der Waals surface area contributed by atoms with E-state index in [1.807, 2.05) is 54.6 Å². The van der Waals surface area contributed by atoms with E-state index >= 15 is 0 Å². The summed E-state index contributed by atoms with van der Waals surface area (Å²) in [4.78, 5) is 12.5. The summed E-state index contributed by atoms with van der Waals surface area (Å²) in [5.74, 6) is 0.716. The highest BCUT2D eigenvalue weighted by molar-refractivity contribution is 6.30. The van der Waals surface area contributed by atoms with E-state index in [0.717, 1.165) is 30.6 Å². The molecule has 5 heteroatoms. The number of halogens is 2. The first-order valence-electron chi connectivity index (χ1n) is 8.53. The summed E-state index contributed by atoms with van der Waals surface area (Å²) in [5, 5.41) is 7.21. The van der Waals surface area contributed by atoms with E-state index in [9.17, 15) is 4.79 Å². The number of benzene rings is 2. The molecule has 1 heterocycles. The maximum absolute atomic E-state index is 12.5. The molecule has 1 aliphatic heterocycles. The molecule has 0 aromatic heterocycles. The Balaban J connectivity index is 0.00000225. The fraction of sp³-hybridized carbons (Fsp3) is 0.350. The maximum Gasteiger partial charge on any atom is 0.220 e. The van der Waals surface area contributed by atoms with Crippen LogP contribution >= 0.6 is 24.0 Å². The van der Waals surface area contributed by atoms with Crippen LogP contribution in [0.2, 0.25) is 5.02 Å². The van der Waals surface area contributed by atoms with E-state index in [-0.39, 0.29) is 24.4 Å². The lowest BCUT2D eigenvalue weighted by atomic mass is 9.97. The number of amides is 1. The van der Waals surface area contributed by atoms with Crippen molar-refractivity contribution >= 4 is 29.9 Å². The number of rotatable bonds is 6. The number of carbonyl (C=O) groups excluding carboxylic acids is 1. The predicted octanol–water partition coefficient (Wildman–Crippen LogP) is 4.36. The summed E-state index contributed by atoms with van der Waals surface area (Å²) >= 11 is 6.14. The topological polar surface area (TPSA) is 41.1 Å². The van der Waals surface area contributed by atoms with E-state index in [0.29, 0.717) is 17.4 Å². The van der Waals surface area contributed by atoms with Gasteiger partial charge in [0.05, 0.1) is 6.04 Å². The molecule has 2 atom stereocenters. The first-order chi connectivity index (χ1) is 11.7. The van der Waals surface area contributed by atoms with Gasteiger partial charge in [0.15, 0.2) is 0 Å². The quantitative estimate of drug-likeness (QED) is 0.783. The first kappa shape index (κ1) is 19.8. The van der Waals surface area contributed by atoms with Crippen molar-refractivity contribution in [3.8, 4) is 0 Å². The number of hydrogen-bond donors (Lipinski definition) is 2. The zero-order chi connectivity index (χ0) is 16.8. The second-order valence-electron chi connectivity index (χ2n) is 6.36. The van der Waals surface area contributed by atoms with Crippen molar-refractivity contribution < 1.29 is 4.79 Å². The average Bonchev–Trinajstić information content (AvgIpc) is 3.12. The van der Waals surface area contributed by atoms with E-state index in [4.69, 9.17) is 11.6 Å². The van der Waals surface area contributed by atoms with Crippen molar-refractivity contribution in [2.75, 3.05) is 13.1 Å². The lowest BCUT2D eigenvalue weighted by Gasteiger charge is -2.20. The minimum Gasteiger partial charge on any atom is -0.345 e. The molecule has 1 aliphatic rings. The molecule has 3 rings (SSSR count). The SMILES string of the molecule is Cl.O=C(CCC1CCNC1)NC(c1ccccc1)c1cccc(Cl)c1. The van der Waals surface area contributed by atoms with Crippen molar-refractivity contribution in [2.24, 2.45) is 5.92 Å². The van der Waals surface area contributed by atoms with Crippen molar-refractivity contribution in [3.05, 3.63) is 70.7 Å². The minimum absolute atomic E-state index is 0. The molecule has 0 saturated carbocycles. The molecule has 1 amide bonds. The molecular formula is C20H24Cl2N2O. The normalized spacial score (nSPS) is 17.6. The van der Waals surface area contributed by atoms with E-state index in [2.05, 4.69) is 10.6 Å². The zero-order valence-electron chi connectivity index (χ0n) is 14.1.